The molecule has 160 valence electrons. The second-order valence-electron chi connectivity index (χ2n) is 6.70. The average Bonchev–Trinajstić information content (AvgIpc) is 2.75. The maximum atomic E-state index is 12.3. The van der Waals surface area contributed by atoms with Crippen molar-refractivity contribution in [2.45, 2.75) is 27.2 Å². The Morgan fingerprint density at radius 2 is 1.57 bits per heavy atom. The van der Waals surface area contributed by atoms with Gasteiger partial charge in [-0.2, -0.15) is 0 Å². The van der Waals surface area contributed by atoms with Crippen LogP contribution in [0.25, 0.3) is 0 Å². The Labute approximate surface area is 175 Å². The first-order chi connectivity index (χ1) is 14.3. The Hall–Kier alpha value is -3.55. The van der Waals surface area contributed by atoms with Gasteiger partial charge in [-0.15, -0.1) is 0 Å². The molecular weight excluding hydrogens is 386 g/mol. The Balaban J connectivity index is 1.85. The molecule has 2 rings (SSSR count). The summed E-state index contributed by atoms with van der Waals surface area (Å²) in [7, 11) is 1.48. The van der Waals surface area contributed by atoms with Crippen LogP contribution in [0.4, 0.5) is 0 Å². The molecule has 8 nitrogen and oxygen atoms in total. The number of carbonyl (C=O) groups is 3. The van der Waals surface area contributed by atoms with Crippen LogP contribution in [0.15, 0.2) is 36.4 Å². The number of hydrazine groups is 1. The van der Waals surface area contributed by atoms with E-state index in [-0.39, 0.29) is 18.0 Å². The van der Waals surface area contributed by atoms with Gasteiger partial charge >= 0.3 is 0 Å². The van der Waals surface area contributed by atoms with Crippen LogP contribution in [0, 0.1) is 13.8 Å². The maximum absolute atomic E-state index is 12.3. The van der Waals surface area contributed by atoms with E-state index < -0.39 is 11.8 Å². The minimum Gasteiger partial charge on any atom is -0.493 e. The van der Waals surface area contributed by atoms with E-state index in [2.05, 4.69) is 16.2 Å². The molecule has 30 heavy (non-hydrogen) atoms. The SMILES string of the molecule is CCCOc1ccc(C(=O)NNC(=O)CNC(=O)c2ccc(C)c(C)c2)cc1OC. The summed E-state index contributed by atoms with van der Waals surface area (Å²) in [5, 5.41) is 2.52. The summed E-state index contributed by atoms with van der Waals surface area (Å²) in [6.45, 7) is 6.10. The van der Waals surface area contributed by atoms with Gasteiger partial charge in [0.05, 0.1) is 20.3 Å². The quantitative estimate of drug-likeness (QED) is 0.576. The Bertz CT molecular complexity index is 927. The van der Waals surface area contributed by atoms with Crippen molar-refractivity contribution in [3.05, 3.63) is 58.7 Å². The molecule has 0 heterocycles. The van der Waals surface area contributed by atoms with Gasteiger partial charge in [-0.05, 0) is 61.7 Å². The van der Waals surface area contributed by atoms with Crippen LogP contribution < -0.4 is 25.6 Å². The van der Waals surface area contributed by atoms with Crippen LogP contribution in [0.5, 0.6) is 11.5 Å². The van der Waals surface area contributed by atoms with Gasteiger partial charge in [-0.25, -0.2) is 0 Å². The van der Waals surface area contributed by atoms with E-state index in [0.717, 1.165) is 17.5 Å². The van der Waals surface area contributed by atoms with E-state index in [1.54, 1.807) is 24.3 Å². The Morgan fingerprint density at radius 3 is 2.23 bits per heavy atom. The smallest absolute Gasteiger partial charge is 0.269 e. The van der Waals surface area contributed by atoms with Crippen molar-refractivity contribution in [2.24, 2.45) is 0 Å². The summed E-state index contributed by atoms with van der Waals surface area (Å²) in [5.74, 6) is -0.497. The first kappa shape index (κ1) is 22.7. The lowest BCUT2D eigenvalue weighted by Crippen LogP contribution is -2.46. The molecule has 0 aliphatic rings. The standard InChI is InChI=1S/C22H27N3O5/c1-5-10-30-18-9-8-17(12-19(18)29-4)22(28)25-24-20(26)13-23-21(27)16-7-6-14(2)15(3)11-16/h6-9,11-12H,5,10,13H2,1-4H3,(H,23,27)(H,24,26)(H,25,28). The van der Waals surface area contributed by atoms with Crippen molar-refractivity contribution >= 4 is 17.7 Å². The van der Waals surface area contributed by atoms with E-state index in [4.69, 9.17) is 9.47 Å². The molecule has 0 radical (unpaired) electrons. The highest BCUT2D eigenvalue weighted by atomic mass is 16.5. The molecular formula is C22H27N3O5. The minimum absolute atomic E-state index is 0.279. The number of methoxy groups -OCH3 is 1. The minimum atomic E-state index is -0.560. The van der Waals surface area contributed by atoms with Crippen molar-refractivity contribution in [1.82, 2.24) is 16.2 Å². The third kappa shape index (κ3) is 6.23. The van der Waals surface area contributed by atoms with Crippen LogP contribution in [0.2, 0.25) is 0 Å². The first-order valence-corrected chi connectivity index (χ1v) is 9.61. The predicted molar refractivity (Wildman–Crippen MR) is 113 cm³/mol. The van der Waals surface area contributed by atoms with Crippen molar-refractivity contribution in [3.63, 3.8) is 0 Å². The zero-order valence-corrected chi connectivity index (χ0v) is 17.6. The highest BCUT2D eigenvalue weighted by Gasteiger charge is 2.13. The zero-order valence-electron chi connectivity index (χ0n) is 17.6. The van der Waals surface area contributed by atoms with Crippen molar-refractivity contribution in [2.75, 3.05) is 20.3 Å². The molecule has 3 N–H and O–H groups in total. The molecule has 0 aromatic heterocycles. The second kappa shape index (κ2) is 10.8. The summed E-state index contributed by atoms with van der Waals surface area (Å²) < 4.78 is 10.8. The molecule has 3 amide bonds. The molecule has 8 heteroatoms. The van der Waals surface area contributed by atoms with Crippen LogP contribution >= 0.6 is 0 Å². The van der Waals surface area contributed by atoms with Crippen LogP contribution in [-0.2, 0) is 4.79 Å². The average molecular weight is 413 g/mol. The number of nitrogens with one attached hydrogen (secondary N) is 3. The summed E-state index contributed by atoms with van der Waals surface area (Å²) >= 11 is 0. The number of carbonyl (C=O) groups excluding carboxylic acids is 3. The lowest BCUT2D eigenvalue weighted by atomic mass is 10.1. The maximum Gasteiger partial charge on any atom is 0.269 e. The third-order valence-electron chi connectivity index (χ3n) is 4.38. The number of hydrogen-bond donors (Lipinski definition) is 3. The van der Waals surface area contributed by atoms with Crippen molar-refractivity contribution in [3.8, 4) is 11.5 Å². The molecule has 0 unspecified atom stereocenters. The predicted octanol–water partition coefficient (Wildman–Crippen LogP) is 2.29. The normalized spacial score (nSPS) is 10.1. The number of aryl methyl sites for hydroxylation is 2. The van der Waals surface area contributed by atoms with Gasteiger partial charge in [0.15, 0.2) is 11.5 Å². The molecule has 0 spiro atoms. The summed E-state index contributed by atoms with van der Waals surface area (Å²) in [6, 6.07) is 10.0. The molecule has 0 aliphatic carbocycles. The third-order valence-corrected chi connectivity index (χ3v) is 4.38. The summed E-state index contributed by atoms with van der Waals surface area (Å²) in [5.41, 5.74) is 7.39. The van der Waals surface area contributed by atoms with E-state index in [9.17, 15) is 14.4 Å². The van der Waals surface area contributed by atoms with E-state index >= 15 is 0 Å². The Kier molecular flexibility index (Phi) is 8.22. The van der Waals surface area contributed by atoms with Crippen molar-refractivity contribution in [1.29, 1.82) is 0 Å². The highest BCUT2D eigenvalue weighted by molar-refractivity contribution is 5.98. The van der Waals surface area contributed by atoms with Gasteiger partial charge in [0.25, 0.3) is 17.7 Å². The van der Waals surface area contributed by atoms with E-state index in [0.29, 0.717) is 23.7 Å². The number of ether oxygens (including phenoxy) is 2. The van der Waals surface area contributed by atoms with Gasteiger partial charge in [0, 0.05) is 11.1 Å². The van der Waals surface area contributed by atoms with Gasteiger partial charge < -0.3 is 14.8 Å². The van der Waals surface area contributed by atoms with Crippen molar-refractivity contribution < 1.29 is 23.9 Å². The molecule has 2 aromatic rings. The molecule has 0 saturated heterocycles. The molecule has 0 fully saturated rings. The first-order valence-electron chi connectivity index (χ1n) is 9.61. The topological polar surface area (TPSA) is 106 Å². The van der Waals surface area contributed by atoms with Gasteiger partial charge in [-0.1, -0.05) is 13.0 Å². The van der Waals surface area contributed by atoms with Crippen LogP contribution in [-0.4, -0.2) is 38.0 Å². The highest BCUT2D eigenvalue weighted by Crippen LogP contribution is 2.28. The molecule has 0 bridgehead atoms. The molecule has 2 aromatic carbocycles. The fourth-order valence-corrected chi connectivity index (χ4v) is 2.53. The lowest BCUT2D eigenvalue weighted by Gasteiger charge is -2.12. The van der Waals surface area contributed by atoms with E-state index in [1.165, 1.54) is 13.2 Å². The monoisotopic (exact) mass is 413 g/mol. The Morgan fingerprint density at radius 1 is 0.867 bits per heavy atom. The van der Waals surface area contributed by atoms with Crippen LogP contribution in [0.3, 0.4) is 0 Å². The zero-order chi connectivity index (χ0) is 22.1. The summed E-state index contributed by atoms with van der Waals surface area (Å²) in [6.07, 6.45) is 0.845. The molecule has 0 atom stereocenters. The number of hydrogen-bond acceptors (Lipinski definition) is 5. The van der Waals surface area contributed by atoms with E-state index in [1.807, 2.05) is 26.8 Å². The molecule has 0 aliphatic heterocycles. The van der Waals surface area contributed by atoms with Gasteiger partial charge in [0.1, 0.15) is 0 Å². The molecule has 0 saturated carbocycles. The fourth-order valence-electron chi connectivity index (χ4n) is 2.53. The second-order valence-corrected chi connectivity index (χ2v) is 6.70. The number of benzene rings is 2. The summed E-state index contributed by atoms with van der Waals surface area (Å²) in [4.78, 5) is 36.4. The number of amides is 3. The largest absolute Gasteiger partial charge is 0.493 e. The van der Waals surface area contributed by atoms with Gasteiger partial charge in [0.2, 0.25) is 0 Å². The van der Waals surface area contributed by atoms with Gasteiger partial charge in [-0.3, -0.25) is 25.2 Å². The lowest BCUT2D eigenvalue weighted by molar-refractivity contribution is -0.120. The van der Waals surface area contributed by atoms with Crippen LogP contribution in [0.1, 0.15) is 45.2 Å². The fraction of sp³-hybridized carbons (Fsp3) is 0.318. The number of rotatable bonds is 8.